The third-order valence-corrected chi connectivity index (χ3v) is 6.80. The number of aryl methyl sites for hydroxylation is 1. The molecule has 0 aliphatic carbocycles. The standard InChI is InChI=1S/C25H20N4O3/c1-3-32-22(30)21-25(17-12-15(2)8-10-18(17)28-23(25)31)24(13-26,14-27)20-11-9-16-6-4-5-7-19(16)29(20)21/h4-12,20-21H,3H2,1-2H3,(H,28,31). The van der Waals surface area contributed by atoms with Crippen molar-refractivity contribution < 1.29 is 14.3 Å². The van der Waals surface area contributed by atoms with Crippen LogP contribution in [0.1, 0.15) is 23.6 Å². The van der Waals surface area contributed by atoms with Crippen molar-refractivity contribution >= 4 is 29.3 Å². The molecule has 1 saturated heterocycles. The van der Waals surface area contributed by atoms with Gasteiger partial charge in [0, 0.05) is 11.4 Å². The topological polar surface area (TPSA) is 106 Å². The van der Waals surface area contributed by atoms with Crippen molar-refractivity contribution in [2.24, 2.45) is 5.41 Å². The lowest BCUT2D eigenvalue weighted by atomic mass is 9.58. The predicted octanol–water partition coefficient (Wildman–Crippen LogP) is 3.07. The Morgan fingerprint density at radius 3 is 2.69 bits per heavy atom. The molecular formula is C25H20N4O3. The summed E-state index contributed by atoms with van der Waals surface area (Å²) in [6.45, 7) is 3.67. The molecule has 3 aliphatic heterocycles. The summed E-state index contributed by atoms with van der Waals surface area (Å²) in [5.41, 5.74) is -0.283. The minimum Gasteiger partial charge on any atom is -0.464 e. The number of fused-ring (bicyclic) bond motifs is 5. The van der Waals surface area contributed by atoms with Crippen LogP contribution in [-0.2, 0) is 19.7 Å². The third-order valence-electron chi connectivity index (χ3n) is 6.80. The van der Waals surface area contributed by atoms with Gasteiger partial charge in [0.1, 0.15) is 11.5 Å². The average Bonchev–Trinajstić information content (AvgIpc) is 3.24. The second-order valence-corrected chi connectivity index (χ2v) is 8.27. The Hall–Kier alpha value is -4.10. The number of esters is 1. The van der Waals surface area contributed by atoms with Gasteiger partial charge in [-0.2, -0.15) is 10.5 Å². The van der Waals surface area contributed by atoms with Crippen LogP contribution in [0.15, 0.2) is 48.5 Å². The molecule has 1 fully saturated rings. The fourth-order valence-corrected chi connectivity index (χ4v) is 5.56. The number of carbonyl (C=O) groups excluding carboxylic acids is 2. The van der Waals surface area contributed by atoms with E-state index in [0.29, 0.717) is 16.9 Å². The number of ether oxygens (including phenoxy) is 1. The van der Waals surface area contributed by atoms with E-state index in [4.69, 9.17) is 4.74 Å². The van der Waals surface area contributed by atoms with E-state index in [1.165, 1.54) is 0 Å². The van der Waals surface area contributed by atoms with Crippen LogP contribution in [0.2, 0.25) is 0 Å². The van der Waals surface area contributed by atoms with Crippen LogP contribution < -0.4 is 10.2 Å². The Kier molecular flexibility index (Phi) is 4.15. The first-order valence-electron chi connectivity index (χ1n) is 10.4. The number of hydrogen-bond donors (Lipinski definition) is 1. The van der Waals surface area contributed by atoms with Gasteiger partial charge in [0.25, 0.3) is 0 Å². The predicted molar refractivity (Wildman–Crippen MR) is 117 cm³/mol. The molecule has 32 heavy (non-hydrogen) atoms. The Morgan fingerprint density at radius 1 is 1.22 bits per heavy atom. The summed E-state index contributed by atoms with van der Waals surface area (Å²) >= 11 is 0. The van der Waals surface area contributed by atoms with Crippen molar-refractivity contribution in [1.82, 2.24) is 0 Å². The molecule has 5 rings (SSSR count). The molecule has 1 N–H and O–H groups in total. The lowest BCUT2D eigenvalue weighted by Crippen LogP contribution is -2.57. The highest BCUT2D eigenvalue weighted by molar-refractivity contribution is 6.13. The molecule has 3 unspecified atom stereocenters. The molecule has 0 bridgehead atoms. The summed E-state index contributed by atoms with van der Waals surface area (Å²) in [5, 5.41) is 23.9. The Bertz CT molecular complexity index is 1270. The van der Waals surface area contributed by atoms with Crippen molar-refractivity contribution in [2.75, 3.05) is 16.8 Å². The summed E-state index contributed by atoms with van der Waals surface area (Å²) in [6.07, 6.45) is 3.59. The zero-order valence-electron chi connectivity index (χ0n) is 17.6. The average molecular weight is 424 g/mol. The number of benzene rings is 2. The van der Waals surface area contributed by atoms with E-state index in [9.17, 15) is 20.1 Å². The van der Waals surface area contributed by atoms with Gasteiger partial charge < -0.3 is 15.0 Å². The summed E-state index contributed by atoms with van der Waals surface area (Å²) in [4.78, 5) is 29.1. The lowest BCUT2D eigenvalue weighted by molar-refractivity contribution is -0.148. The van der Waals surface area contributed by atoms with Gasteiger partial charge in [-0.15, -0.1) is 0 Å². The van der Waals surface area contributed by atoms with Gasteiger partial charge in [0.15, 0.2) is 5.41 Å². The van der Waals surface area contributed by atoms with E-state index < -0.39 is 34.8 Å². The summed E-state index contributed by atoms with van der Waals surface area (Å²) in [7, 11) is 0. The Morgan fingerprint density at radius 2 is 1.97 bits per heavy atom. The first kappa shape index (κ1) is 19.8. The maximum absolute atomic E-state index is 13.8. The maximum atomic E-state index is 13.8. The van der Waals surface area contributed by atoms with E-state index in [0.717, 1.165) is 11.1 Å². The number of rotatable bonds is 2. The van der Waals surface area contributed by atoms with E-state index in [-0.39, 0.29) is 6.61 Å². The van der Waals surface area contributed by atoms with Gasteiger partial charge in [-0.05, 0) is 37.1 Å². The molecular weight excluding hydrogens is 404 g/mol. The lowest BCUT2D eigenvalue weighted by Gasteiger charge is -2.35. The second-order valence-electron chi connectivity index (χ2n) is 8.27. The molecule has 7 nitrogen and oxygen atoms in total. The van der Waals surface area contributed by atoms with Crippen LogP contribution in [0.4, 0.5) is 11.4 Å². The van der Waals surface area contributed by atoms with Crippen molar-refractivity contribution in [3.8, 4) is 12.1 Å². The molecule has 3 atom stereocenters. The molecule has 2 aromatic rings. The van der Waals surface area contributed by atoms with Crippen LogP contribution in [-0.4, -0.2) is 30.6 Å². The van der Waals surface area contributed by atoms with Crippen LogP contribution in [0.5, 0.6) is 0 Å². The quantitative estimate of drug-likeness (QED) is 0.743. The molecule has 0 saturated carbocycles. The number of anilines is 2. The summed E-state index contributed by atoms with van der Waals surface area (Å²) in [6, 6.07) is 15.2. The van der Waals surface area contributed by atoms with E-state index in [1.807, 2.05) is 43.3 Å². The van der Waals surface area contributed by atoms with Crippen LogP contribution in [0.25, 0.3) is 6.08 Å². The number of para-hydroxylation sites is 1. The van der Waals surface area contributed by atoms with Crippen LogP contribution in [0, 0.1) is 35.0 Å². The van der Waals surface area contributed by atoms with Gasteiger partial charge in [0.2, 0.25) is 5.91 Å². The number of carbonyl (C=O) groups is 2. The van der Waals surface area contributed by atoms with Crippen LogP contribution in [0.3, 0.4) is 0 Å². The highest BCUT2D eigenvalue weighted by atomic mass is 16.5. The maximum Gasteiger partial charge on any atom is 0.330 e. The molecule has 3 heterocycles. The van der Waals surface area contributed by atoms with E-state index in [2.05, 4.69) is 17.5 Å². The second kappa shape index (κ2) is 6.70. The molecule has 0 aromatic heterocycles. The number of nitrogens with zero attached hydrogens (tertiary/aromatic N) is 3. The van der Waals surface area contributed by atoms with Gasteiger partial charge in [0.05, 0.1) is 24.8 Å². The number of amides is 1. The molecule has 1 spiro atoms. The van der Waals surface area contributed by atoms with Gasteiger partial charge in [-0.25, -0.2) is 4.79 Å². The number of nitrogens with one attached hydrogen (secondary N) is 1. The number of hydrogen-bond acceptors (Lipinski definition) is 6. The minimum atomic E-state index is -1.86. The van der Waals surface area contributed by atoms with E-state index >= 15 is 0 Å². The largest absolute Gasteiger partial charge is 0.464 e. The highest BCUT2D eigenvalue weighted by Gasteiger charge is 2.78. The zero-order chi connectivity index (χ0) is 22.7. The van der Waals surface area contributed by atoms with E-state index in [1.54, 1.807) is 30.0 Å². The van der Waals surface area contributed by atoms with Crippen molar-refractivity contribution in [3.05, 3.63) is 65.2 Å². The smallest absolute Gasteiger partial charge is 0.330 e. The first-order valence-corrected chi connectivity index (χ1v) is 10.4. The summed E-state index contributed by atoms with van der Waals surface area (Å²) in [5.74, 6) is -1.18. The molecule has 158 valence electrons. The fourth-order valence-electron chi connectivity index (χ4n) is 5.56. The minimum absolute atomic E-state index is 0.107. The van der Waals surface area contributed by atoms with Crippen LogP contribution >= 0.6 is 0 Å². The molecule has 3 aliphatic rings. The van der Waals surface area contributed by atoms with Gasteiger partial charge >= 0.3 is 5.97 Å². The number of nitriles is 2. The molecule has 1 amide bonds. The Balaban J connectivity index is 1.91. The summed E-state index contributed by atoms with van der Waals surface area (Å²) < 4.78 is 5.45. The third kappa shape index (κ3) is 2.13. The highest BCUT2D eigenvalue weighted by Crippen LogP contribution is 2.62. The molecule has 7 heteroatoms. The zero-order valence-corrected chi connectivity index (χ0v) is 17.6. The SMILES string of the molecule is CCOC(=O)C1N2c3ccccc3C=CC2C(C#N)(C#N)C12C(=O)Nc1ccc(C)cc12. The monoisotopic (exact) mass is 424 g/mol. The first-order chi connectivity index (χ1) is 15.5. The fraction of sp³-hybridized carbons (Fsp3) is 0.280. The van der Waals surface area contributed by atoms with Gasteiger partial charge in [-0.1, -0.05) is 48.0 Å². The molecule has 2 aromatic carbocycles. The van der Waals surface area contributed by atoms with Gasteiger partial charge in [-0.3, -0.25) is 4.79 Å². The van der Waals surface area contributed by atoms with Crippen molar-refractivity contribution in [3.63, 3.8) is 0 Å². The van der Waals surface area contributed by atoms with Crippen molar-refractivity contribution in [1.29, 1.82) is 10.5 Å². The Labute approximate surface area is 185 Å². The molecule has 0 radical (unpaired) electrons. The van der Waals surface area contributed by atoms with Crippen molar-refractivity contribution in [2.45, 2.75) is 31.3 Å². The normalized spacial score (nSPS) is 25.9.